The summed E-state index contributed by atoms with van der Waals surface area (Å²) < 4.78 is 0. The van der Waals surface area contributed by atoms with Gasteiger partial charge in [0.05, 0.1) is 0 Å². The third-order valence-corrected chi connectivity index (χ3v) is 7.39. The molecule has 37 heavy (non-hydrogen) atoms. The number of aliphatic imine (C=N–C) groups is 1. The van der Waals surface area contributed by atoms with Gasteiger partial charge in [-0.1, -0.05) is 68.7 Å². The molecule has 0 fully saturated rings. The van der Waals surface area contributed by atoms with E-state index in [0.717, 1.165) is 49.0 Å². The topological polar surface area (TPSA) is 83.6 Å². The Bertz CT molecular complexity index is 1260. The van der Waals surface area contributed by atoms with Crippen LogP contribution < -0.4 is 11.1 Å². The Morgan fingerprint density at radius 1 is 1.05 bits per heavy atom. The molecule has 6 nitrogen and oxygen atoms in total. The van der Waals surface area contributed by atoms with Gasteiger partial charge in [0.1, 0.15) is 0 Å². The number of hydrogen-bond donors (Lipinski definition) is 2. The monoisotopic (exact) mass is 497 g/mol. The molecule has 2 atom stereocenters. The van der Waals surface area contributed by atoms with Crippen LogP contribution in [0.15, 0.2) is 72.0 Å². The Morgan fingerprint density at radius 2 is 1.84 bits per heavy atom. The molecule has 0 bridgehead atoms. The van der Waals surface area contributed by atoms with Crippen LogP contribution in [-0.4, -0.2) is 28.3 Å². The Labute approximate surface area is 221 Å². The molecule has 2 unspecified atom stereocenters. The average Bonchev–Trinajstić information content (AvgIpc) is 3.13. The summed E-state index contributed by atoms with van der Waals surface area (Å²) in [7, 11) is 0. The summed E-state index contributed by atoms with van der Waals surface area (Å²) >= 11 is 0. The largest absolute Gasteiger partial charge is 0.369 e. The first kappa shape index (κ1) is 26.6. The number of nitrogens with one attached hydrogen (secondary N) is 1. The summed E-state index contributed by atoms with van der Waals surface area (Å²) in [6.07, 6.45) is 6.81. The quantitative estimate of drug-likeness (QED) is 0.364. The van der Waals surface area contributed by atoms with E-state index in [1.807, 2.05) is 43.6 Å². The van der Waals surface area contributed by atoms with Crippen LogP contribution in [0.4, 0.5) is 0 Å². The van der Waals surface area contributed by atoms with Crippen molar-refractivity contribution >= 4 is 11.9 Å². The maximum atomic E-state index is 13.7. The first-order chi connectivity index (χ1) is 17.9. The van der Waals surface area contributed by atoms with Gasteiger partial charge in [-0.25, -0.2) is 4.99 Å². The fourth-order valence-electron chi connectivity index (χ4n) is 5.10. The Hall–Kier alpha value is -3.51. The number of aryl methyl sites for hydroxylation is 1. The van der Waals surface area contributed by atoms with Gasteiger partial charge in [-0.15, -0.1) is 0 Å². The van der Waals surface area contributed by atoms with E-state index in [0.29, 0.717) is 18.4 Å². The second-order valence-electron chi connectivity index (χ2n) is 10.2. The van der Waals surface area contributed by atoms with Gasteiger partial charge in [0.2, 0.25) is 0 Å². The van der Waals surface area contributed by atoms with Crippen molar-refractivity contribution < 1.29 is 4.79 Å². The van der Waals surface area contributed by atoms with E-state index in [4.69, 9.17) is 10.7 Å². The fraction of sp³-hybridized carbons (Fsp3) is 0.387. The van der Waals surface area contributed by atoms with E-state index in [1.54, 1.807) is 4.90 Å². The molecule has 3 N–H and O–H groups in total. The van der Waals surface area contributed by atoms with Crippen molar-refractivity contribution in [1.82, 2.24) is 15.2 Å². The van der Waals surface area contributed by atoms with Crippen LogP contribution in [0.2, 0.25) is 0 Å². The van der Waals surface area contributed by atoms with E-state index in [1.165, 1.54) is 16.7 Å². The van der Waals surface area contributed by atoms with Gasteiger partial charge in [-0.3, -0.25) is 14.7 Å². The zero-order chi connectivity index (χ0) is 26.4. The highest BCUT2D eigenvalue weighted by Crippen LogP contribution is 2.36. The number of carbonyl (C=O) groups is 1. The van der Waals surface area contributed by atoms with Crippen LogP contribution in [0, 0.1) is 12.8 Å². The molecule has 1 aliphatic heterocycles. The molecule has 1 aliphatic rings. The summed E-state index contributed by atoms with van der Waals surface area (Å²) in [5, 5.41) is 3.55. The summed E-state index contributed by atoms with van der Waals surface area (Å²) in [5.74, 6) is 0.704. The number of nitrogens with zero attached hydrogens (tertiary/aromatic N) is 3. The molecule has 0 spiro atoms. The van der Waals surface area contributed by atoms with Crippen molar-refractivity contribution in [1.29, 1.82) is 0 Å². The second-order valence-corrected chi connectivity index (χ2v) is 10.2. The molecule has 3 aromatic rings. The molecule has 0 saturated heterocycles. The summed E-state index contributed by atoms with van der Waals surface area (Å²) in [5.41, 5.74) is 12.0. The first-order valence-corrected chi connectivity index (χ1v) is 13.3. The zero-order valence-corrected chi connectivity index (χ0v) is 22.5. The molecular weight excluding hydrogens is 458 g/mol. The third kappa shape index (κ3) is 5.91. The number of pyridine rings is 1. The number of hydrogen-bond acceptors (Lipinski definition) is 5. The lowest BCUT2D eigenvalue weighted by molar-refractivity contribution is -0.131. The van der Waals surface area contributed by atoms with Crippen molar-refractivity contribution in [3.63, 3.8) is 0 Å². The molecule has 2 aromatic carbocycles. The van der Waals surface area contributed by atoms with Gasteiger partial charge in [-0.05, 0) is 72.2 Å². The summed E-state index contributed by atoms with van der Waals surface area (Å²) in [6.45, 7) is 10.5. The number of benzene rings is 2. The highest BCUT2D eigenvalue weighted by atomic mass is 16.2. The molecule has 0 aliphatic carbocycles. The smallest absolute Gasteiger partial charge is 0.261 e. The van der Waals surface area contributed by atoms with Crippen molar-refractivity contribution in [2.24, 2.45) is 16.6 Å². The van der Waals surface area contributed by atoms with E-state index in [9.17, 15) is 4.79 Å². The molecule has 0 radical (unpaired) electrons. The van der Waals surface area contributed by atoms with Gasteiger partial charge in [0.25, 0.3) is 5.91 Å². The maximum absolute atomic E-state index is 13.7. The summed E-state index contributed by atoms with van der Waals surface area (Å²) in [6, 6.07) is 18.8. The van der Waals surface area contributed by atoms with Gasteiger partial charge >= 0.3 is 0 Å². The van der Waals surface area contributed by atoms with E-state index in [-0.39, 0.29) is 5.91 Å². The van der Waals surface area contributed by atoms with Crippen LogP contribution >= 0.6 is 0 Å². The van der Waals surface area contributed by atoms with Crippen LogP contribution in [0.3, 0.4) is 0 Å². The van der Waals surface area contributed by atoms with Crippen LogP contribution in [0.25, 0.3) is 11.1 Å². The Balaban J connectivity index is 1.58. The number of nitrogens with two attached hydrogens (primary N) is 1. The van der Waals surface area contributed by atoms with Crippen molar-refractivity contribution in [3.05, 3.63) is 89.2 Å². The standard InChI is InChI=1S/C31H39N5O/c1-5-8-23(6-2)21-36-29(37)31(4,35-30(36)32)27-10-7-9-25(18-27)28-17-22(3)11-12-26(28)20-34-19-24-13-15-33-16-14-24/h7,9-18,23,34H,5-6,8,19-21H2,1-4H3,(H2,32,35). The lowest BCUT2D eigenvalue weighted by Crippen LogP contribution is -2.44. The lowest BCUT2D eigenvalue weighted by Gasteiger charge is -2.26. The highest BCUT2D eigenvalue weighted by Gasteiger charge is 2.45. The van der Waals surface area contributed by atoms with Crippen molar-refractivity contribution in [2.75, 3.05) is 6.54 Å². The first-order valence-electron chi connectivity index (χ1n) is 13.3. The van der Waals surface area contributed by atoms with Crippen LogP contribution in [0.1, 0.15) is 62.3 Å². The average molecular weight is 498 g/mol. The third-order valence-electron chi connectivity index (χ3n) is 7.39. The SMILES string of the molecule is CCCC(CC)CN1C(=O)C(C)(c2cccc(-c3cc(C)ccc3CNCc3ccncc3)c2)N=C1N. The predicted molar refractivity (Wildman–Crippen MR) is 151 cm³/mol. The van der Waals surface area contributed by atoms with E-state index >= 15 is 0 Å². The number of aromatic nitrogens is 1. The van der Waals surface area contributed by atoms with E-state index in [2.05, 4.69) is 61.4 Å². The lowest BCUT2D eigenvalue weighted by atomic mass is 9.88. The highest BCUT2D eigenvalue weighted by molar-refractivity contribution is 6.07. The Kier molecular flexibility index (Phi) is 8.39. The fourth-order valence-corrected chi connectivity index (χ4v) is 5.10. The number of carbonyl (C=O) groups excluding carboxylic acids is 1. The molecule has 194 valence electrons. The zero-order valence-electron chi connectivity index (χ0n) is 22.5. The van der Waals surface area contributed by atoms with Crippen molar-refractivity contribution in [2.45, 2.75) is 65.6 Å². The molecular formula is C31H39N5O. The molecule has 2 heterocycles. The molecule has 6 heteroatoms. The molecule has 1 aromatic heterocycles. The van der Waals surface area contributed by atoms with E-state index < -0.39 is 5.54 Å². The van der Waals surface area contributed by atoms with Crippen LogP contribution in [0.5, 0.6) is 0 Å². The minimum atomic E-state index is -1.02. The maximum Gasteiger partial charge on any atom is 0.261 e. The predicted octanol–water partition coefficient (Wildman–Crippen LogP) is 5.55. The Morgan fingerprint density at radius 3 is 2.57 bits per heavy atom. The van der Waals surface area contributed by atoms with Gasteiger partial charge in [-0.2, -0.15) is 0 Å². The van der Waals surface area contributed by atoms with Crippen LogP contribution in [-0.2, 0) is 23.4 Å². The number of rotatable bonds is 11. The van der Waals surface area contributed by atoms with Gasteiger partial charge in [0, 0.05) is 32.0 Å². The van der Waals surface area contributed by atoms with Gasteiger partial charge < -0.3 is 11.1 Å². The van der Waals surface area contributed by atoms with Crippen molar-refractivity contribution in [3.8, 4) is 11.1 Å². The molecule has 0 saturated carbocycles. The normalized spacial score (nSPS) is 18.2. The minimum absolute atomic E-state index is 0.0415. The second kappa shape index (κ2) is 11.7. The number of amides is 1. The van der Waals surface area contributed by atoms with Gasteiger partial charge in [0.15, 0.2) is 11.5 Å². The molecule has 4 rings (SSSR count). The minimum Gasteiger partial charge on any atom is -0.369 e. The molecule has 1 amide bonds. The number of guanidine groups is 1. The summed E-state index contributed by atoms with van der Waals surface area (Å²) in [4.78, 5) is 24.2.